The first kappa shape index (κ1) is 26.5. The quantitative estimate of drug-likeness (QED) is 0.242. The number of ether oxygens (including phenoxy) is 1. The summed E-state index contributed by atoms with van der Waals surface area (Å²) in [5.74, 6) is -0.962. The SMILES string of the molecule is CCCCOc1c2n(ccc1=O)N(C13C(=Cc4ccccc41)Cc1ccccc13)CN(Cc1cccc(Cl)c1F)C2=O. The van der Waals surface area contributed by atoms with E-state index < -0.39 is 17.3 Å². The Morgan fingerprint density at radius 1 is 0.976 bits per heavy atom. The molecule has 0 fully saturated rings. The highest BCUT2D eigenvalue weighted by Crippen LogP contribution is 2.55. The van der Waals surface area contributed by atoms with Crippen molar-refractivity contribution in [1.29, 1.82) is 0 Å². The van der Waals surface area contributed by atoms with Gasteiger partial charge < -0.3 is 9.64 Å². The molecule has 4 aromatic rings. The summed E-state index contributed by atoms with van der Waals surface area (Å²) in [4.78, 5) is 29.1. The number of halogens is 2. The zero-order valence-corrected chi connectivity index (χ0v) is 23.9. The van der Waals surface area contributed by atoms with E-state index in [0.717, 1.165) is 36.0 Å². The summed E-state index contributed by atoms with van der Waals surface area (Å²) >= 11 is 6.12. The average molecular weight is 582 g/mol. The normalized spacial score (nSPS) is 18.4. The van der Waals surface area contributed by atoms with Crippen molar-refractivity contribution in [2.24, 2.45) is 0 Å². The minimum absolute atomic E-state index is 0.00715. The molecule has 1 amide bonds. The number of hydrogen-bond donors (Lipinski definition) is 0. The third kappa shape index (κ3) is 3.83. The van der Waals surface area contributed by atoms with E-state index in [2.05, 4.69) is 35.4 Å². The van der Waals surface area contributed by atoms with Crippen LogP contribution in [-0.4, -0.2) is 28.8 Å². The lowest BCUT2D eigenvalue weighted by molar-refractivity contribution is 0.0648. The van der Waals surface area contributed by atoms with E-state index in [1.54, 1.807) is 27.9 Å². The molecule has 1 atom stereocenters. The van der Waals surface area contributed by atoms with Crippen LogP contribution in [0.25, 0.3) is 6.08 Å². The zero-order chi connectivity index (χ0) is 29.0. The van der Waals surface area contributed by atoms with Crippen molar-refractivity contribution in [3.05, 3.63) is 139 Å². The lowest BCUT2D eigenvalue weighted by atomic mass is 9.83. The van der Waals surface area contributed by atoms with Gasteiger partial charge in [0.05, 0.1) is 18.2 Å². The maximum Gasteiger partial charge on any atom is 0.278 e. The smallest absolute Gasteiger partial charge is 0.278 e. The number of pyridine rings is 1. The highest BCUT2D eigenvalue weighted by atomic mass is 35.5. The minimum Gasteiger partial charge on any atom is -0.487 e. The first-order valence-electron chi connectivity index (χ1n) is 14.2. The van der Waals surface area contributed by atoms with Gasteiger partial charge >= 0.3 is 0 Å². The summed E-state index contributed by atoms with van der Waals surface area (Å²) in [6.07, 6.45) is 6.25. The average Bonchev–Trinajstić information content (AvgIpc) is 3.49. The number of hydrogen-bond acceptors (Lipinski definition) is 4. The Labute approximate surface area is 248 Å². The molecular weight excluding hydrogens is 553 g/mol. The van der Waals surface area contributed by atoms with Gasteiger partial charge in [-0.15, -0.1) is 0 Å². The molecule has 1 unspecified atom stereocenters. The van der Waals surface area contributed by atoms with Crippen molar-refractivity contribution in [3.63, 3.8) is 0 Å². The van der Waals surface area contributed by atoms with Gasteiger partial charge in [-0.05, 0) is 46.7 Å². The van der Waals surface area contributed by atoms with E-state index in [-0.39, 0.29) is 35.1 Å². The molecule has 1 aliphatic heterocycles. The monoisotopic (exact) mass is 581 g/mol. The Balaban J connectivity index is 1.47. The van der Waals surface area contributed by atoms with E-state index in [4.69, 9.17) is 16.3 Å². The molecule has 0 spiro atoms. The molecule has 0 bridgehead atoms. The van der Waals surface area contributed by atoms with Gasteiger partial charge in [0, 0.05) is 17.8 Å². The van der Waals surface area contributed by atoms with Crippen LogP contribution in [0.4, 0.5) is 4.39 Å². The second-order valence-corrected chi connectivity index (χ2v) is 11.4. The van der Waals surface area contributed by atoms with Crippen LogP contribution < -0.4 is 15.2 Å². The van der Waals surface area contributed by atoms with Gasteiger partial charge in [0.25, 0.3) is 5.91 Å². The number of benzene rings is 3. The molecule has 2 heterocycles. The second kappa shape index (κ2) is 10.2. The first-order chi connectivity index (χ1) is 20.4. The molecule has 3 aliphatic rings. The molecule has 0 radical (unpaired) electrons. The van der Waals surface area contributed by atoms with Crippen LogP contribution in [0, 0.1) is 5.82 Å². The third-order valence-electron chi connectivity index (χ3n) is 8.55. The van der Waals surface area contributed by atoms with Crippen molar-refractivity contribution < 1.29 is 13.9 Å². The van der Waals surface area contributed by atoms with Crippen molar-refractivity contribution >= 4 is 23.6 Å². The summed E-state index contributed by atoms with van der Waals surface area (Å²) in [7, 11) is 0. The topological polar surface area (TPSA) is 54.8 Å². The van der Waals surface area contributed by atoms with Crippen LogP contribution in [0.1, 0.15) is 58.1 Å². The van der Waals surface area contributed by atoms with Crippen LogP contribution >= 0.6 is 11.6 Å². The highest BCUT2D eigenvalue weighted by Gasteiger charge is 2.55. The number of amides is 1. The van der Waals surface area contributed by atoms with E-state index in [0.29, 0.717) is 12.2 Å². The van der Waals surface area contributed by atoms with Gasteiger partial charge in [-0.25, -0.2) is 4.39 Å². The van der Waals surface area contributed by atoms with Gasteiger partial charge in [0.15, 0.2) is 11.4 Å². The van der Waals surface area contributed by atoms with Gasteiger partial charge in [-0.2, -0.15) is 0 Å². The molecule has 3 aromatic carbocycles. The van der Waals surface area contributed by atoms with E-state index >= 15 is 4.39 Å². The fraction of sp³-hybridized carbons (Fsp3) is 0.235. The van der Waals surface area contributed by atoms with Crippen molar-refractivity contribution in [1.82, 2.24) is 9.58 Å². The maximum absolute atomic E-state index is 15.2. The van der Waals surface area contributed by atoms with E-state index in [1.807, 2.05) is 31.2 Å². The van der Waals surface area contributed by atoms with Crippen LogP contribution in [0.15, 0.2) is 89.4 Å². The zero-order valence-electron chi connectivity index (χ0n) is 23.1. The number of fused-ring (bicyclic) bond motifs is 6. The molecule has 8 heteroatoms. The largest absolute Gasteiger partial charge is 0.487 e. The Morgan fingerprint density at radius 3 is 2.60 bits per heavy atom. The first-order valence-corrected chi connectivity index (χ1v) is 14.6. The molecule has 1 aromatic heterocycles. The van der Waals surface area contributed by atoms with Gasteiger partial charge in [0.1, 0.15) is 18.0 Å². The number of carbonyl (C=O) groups excluding carboxylic acids is 1. The molecule has 7 rings (SSSR count). The summed E-state index contributed by atoms with van der Waals surface area (Å²) in [6.45, 7) is 2.44. The lowest BCUT2D eigenvalue weighted by Gasteiger charge is -2.49. The van der Waals surface area contributed by atoms with Crippen LogP contribution in [0.3, 0.4) is 0 Å². The van der Waals surface area contributed by atoms with Crippen LogP contribution in [-0.2, 0) is 18.5 Å². The van der Waals surface area contributed by atoms with Crippen LogP contribution in [0.2, 0.25) is 5.02 Å². The van der Waals surface area contributed by atoms with E-state index in [9.17, 15) is 9.59 Å². The molecule has 0 N–H and O–H groups in total. The van der Waals surface area contributed by atoms with Crippen molar-refractivity contribution in [2.45, 2.75) is 38.3 Å². The Morgan fingerprint density at radius 2 is 1.76 bits per heavy atom. The Bertz CT molecular complexity index is 1830. The molecule has 0 saturated heterocycles. The third-order valence-corrected chi connectivity index (χ3v) is 8.84. The number of aromatic nitrogens is 1. The predicted molar refractivity (Wildman–Crippen MR) is 161 cm³/mol. The summed E-state index contributed by atoms with van der Waals surface area (Å²) < 4.78 is 23.0. The number of rotatable bonds is 7. The standard InChI is InChI=1S/C34H29ClFN3O3/c1-2-3-17-42-32-29(40)15-16-38-31(32)33(41)37(20-24-11-8-14-28(35)30(24)36)21-39(38)34-25(18-22-9-4-6-12-26(22)34)19-23-10-5-7-13-27(23)34/h4-16,18H,2-3,17,19-21H2,1H3. The fourth-order valence-electron chi connectivity index (χ4n) is 6.66. The molecule has 42 heavy (non-hydrogen) atoms. The highest BCUT2D eigenvalue weighted by molar-refractivity contribution is 6.30. The van der Waals surface area contributed by atoms with E-state index in [1.165, 1.54) is 23.3 Å². The van der Waals surface area contributed by atoms with Crippen molar-refractivity contribution in [2.75, 3.05) is 18.3 Å². The molecule has 0 saturated carbocycles. The molecule has 212 valence electrons. The number of unbranched alkanes of at least 4 members (excludes halogenated alkanes) is 1. The summed E-state index contributed by atoms with van der Waals surface area (Å²) in [6, 6.07) is 22.9. The maximum atomic E-state index is 15.2. The summed E-state index contributed by atoms with van der Waals surface area (Å²) in [5, 5.41) is 2.12. The van der Waals surface area contributed by atoms with Gasteiger partial charge in [-0.3, -0.25) is 19.3 Å². The lowest BCUT2D eigenvalue weighted by Crippen LogP contribution is -2.62. The predicted octanol–water partition coefficient (Wildman–Crippen LogP) is 6.27. The number of nitrogens with zero attached hydrogens (tertiary/aromatic N) is 3. The number of carbonyl (C=O) groups is 1. The molecule has 6 nitrogen and oxygen atoms in total. The summed E-state index contributed by atoms with van der Waals surface area (Å²) in [5.41, 5.74) is 4.99. The van der Waals surface area contributed by atoms with Crippen molar-refractivity contribution in [3.8, 4) is 5.75 Å². The Kier molecular flexibility index (Phi) is 6.43. The fourth-order valence-corrected chi connectivity index (χ4v) is 6.86. The molecular formula is C34H29ClFN3O3. The van der Waals surface area contributed by atoms with Gasteiger partial charge in [0.2, 0.25) is 5.43 Å². The minimum atomic E-state index is -0.747. The van der Waals surface area contributed by atoms with Crippen LogP contribution in [0.5, 0.6) is 5.75 Å². The Hall–Kier alpha value is -4.36. The second-order valence-electron chi connectivity index (χ2n) is 11.0. The van der Waals surface area contributed by atoms with Gasteiger partial charge in [-0.1, -0.05) is 91.7 Å². The molecule has 2 aliphatic carbocycles.